The Morgan fingerprint density at radius 2 is 1.40 bits per heavy atom. The van der Waals surface area contributed by atoms with Crippen molar-refractivity contribution in [2.24, 2.45) is 5.41 Å². The monoisotopic (exact) mass is 267 g/mol. The van der Waals surface area contributed by atoms with Crippen molar-refractivity contribution < 1.29 is 4.79 Å². The second-order valence-corrected chi connectivity index (χ2v) is 6.06. The van der Waals surface area contributed by atoms with Crippen molar-refractivity contribution in [3.05, 3.63) is 66.2 Å². The molecule has 1 amide bonds. The molecule has 0 aromatic heterocycles. The van der Waals surface area contributed by atoms with E-state index in [0.29, 0.717) is 0 Å². The summed E-state index contributed by atoms with van der Waals surface area (Å²) in [7, 11) is 0. The lowest BCUT2D eigenvalue weighted by Gasteiger charge is -2.30. The first-order valence-electron chi connectivity index (χ1n) is 6.89. The molecule has 0 aliphatic carbocycles. The summed E-state index contributed by atoms with van der Waals surface area (Å²) in [6, 6.07) is 19.5. The van der Waals surface area contributed by atoms with Gasteiger partial charge in [-0.15, -0.1) is 0 Å². The number of benzene rings is 2. The summed E-state index contributed by atoms with van der Waals surface area (Å²) in [5.41, 5.74) is 1.75. The van der Waals surface area contributed by atoms with Gasteiger partial charge < -0.3 is 5.32 Å². The molecule has 2 nitrogen and oxygen atoms in total. The van der Waals surface area contributed by atoms with Gasteiger partial charge in [0.1, 0.15) is 0 Å². The van der Waals surface area contributed by atoms with Gasteiger partial charge in [0.2, 0.25) is 5.91 Å². The van der Waals surface area contributed by atoms with Gasteiger partial charge in [-0.25, -0.2) is 0 Å². The van der Waals surface area contributed by atoms with Crippen LogP contribution in [-0.2, 0) is 4.79 Å². The molecule has 0 aliphatic rings. The smallest absolute Gasteiger partial charge is 0.232 e. The molecule has 0 radical (unpaired) electrons. The molecule has 0 unspecified atom stereocenters. The van der Waals surface area contributed by atoms with Crippen LogP contribution < -0.4 is 5.32 Å². The highest BCUT2D eigenvalue weighted by Gasteiger charge is 2.32. The molecule has 20 heavy (non-hydrogen) atoms. The molecule has 2 heteroatoms. The normalized spacial score (nSPS) is 12.8. The summed E-state index contributed by atoms with van der Waals surface area (Å²) in [4.78, 5) is 12.6. The summed E-state index contributed by atoms with van der Waals surface area (Å²) in [5.74, 6) is -0.140. The van der Waals surface area contributed by atoms with Crippen LogP contribution in [-0.4, -0.2) is 5.91 Å². The third kappa shape index (κ3) is 3.47. The Morgan fingerprint density at radius 3 is 1.90 bits per heavy atom. The fourth-order valence-corrected chi connectivity index (χ4v) is 2.43. The molecular formula is C18H21NO. The number of carbonyl (C=O) groups excluding carboxylic acids is 1. The number of hydrogen-bond donors (Lipinski definition) is 1. The van der Waals surface area contributed by atoms with E-state index in [1.807, 2.05) is 60.7 Å². The Balaban J connectivity index is 2.26. The topological polar surface area (TPSA) is 29.1 Å². The highest BCUT2D eigenvalue weighted by Crippen LogP contribution is 2.35. The van der Waals surface area contributed by atoms with Crippen LogP contribution in [0.4, 0.5) is 5.69 Å². The standard InChI is InChI=1S/C18H21NO/c1-18(2,3)16(14-10-6-4-7-11-14)17(20)19-15-12-8-5-9-13-15/h4-13,16H,1-3H3,(H,19,20)/t16-/m0/s1. The molecule has 1 N–H and O–H groups in total. The average molecular weight is 267 g/mol. The summed E-state index contributed by atoms with van der Waals surface area (Å²) in [6.07, 6.45) is 0. The maximum atomic E-state index is 12.6. The summed E-state index contributed by atoms with van der Waals surface area (Å²) in [6.45, 7) is 6.28. The van der Waals surface area contributed by atoms with Crippen molar-refractivity contribution in [2.45, 2.75) is 26.7 Å². The minimum Gasteiger partial charge on any atom is -0.326 e. The van der Waals surface area contributed by atoms with Gasteiger partial charge in [-0.05, 0) is 23.1 Å². The first-order valence-corrected chi connectivity index (χ1v) is 6.89. The second-order valence-electron chi connectivity index (χ2n) is 6.06. The zero-order valence-corrected chi connectivity index (χ0v) is 12.3. The van der Waals surface area contributed by atoms with E-state index >= 15 is 0 Å². The van der Waals surface area contributed by atoms with Crippen LogP contribution in [0.25, 0.3) is 0 Å². The number of hydrogen-bond acceptors (Lipinski definition) is 1. The molecule has 0 aliphatic heterocycles. The molecule has 104 valence electrons. The van der Waals surface area contributed by atoms with E-state index in [1.54, 1.807) is 0 Å². The van der Waals surface area contributed by atoms with Gasteiger partial charge in [-0.3, -0.25) is 4.79 Å². The maximum Gasteiger partial charge on any atom is 0.232 e. The zero-order chi connectivity index (χ0) is 14.6. The average Bonchev–Trinajstić information content (AvgIpc) is 2.39. The van der Waals surface area contributed by atoms with E-state index in [4.69, 9.17) is 0 Å². The molecule has 0 heterocycles. The lowest BCUT2D eigenvalue weighted by Crippen LogP contribution is -2.31. The van der Waals surface area contributed by atoms with Crippen molar-refractivity contribution in [1.29, 1.82) is 0 Å². The summed E-state index contributed by atoms with van der Waals surface area (Å²) in [5, 5.41) is 3.01. The van der Waals surface area contributed by atoms with Crippen LogP contribution in [0.2, 0.25) is 0 Å². The van der Waals surface area contributed by atoms with E-state index < -0.39 is 0 Å². The van der Waals surface area contributed by atoms with Crippen molar-refractivity contribution in [1.82, 2.24) is 0 Å². The first-order chi connectivity index (χ1) is 9.48. The molecule has 1 atom stereocenters. The Hall–Kier alpha value is -2.09. The van der Waals surface area contributed by atoms with Gasteiger partial charge in [-0.1, -0.05) is 69.3 Å². The zero-order valence-electron chi connectivity index (χ0n) is 12.3. The Labute approximate surface area is 120 Å². The highest BCUT2D eigenvalue weighted by molar-refractivity contribution is 5.96. The Bertz CT molecular complexity index is 555. The van der Waals surface area contributed by atoms with Gasteiger partial charge in [0.05, 0.1) is 5.92 Å². The molecule has 2 aromatic carbocycles. The number of anilines is 1. The van der Waals surface area contributed by atoms with Gasteiger partial charge in [-0.2, -0.15) is 0 Å². The largest absolute Gasteiger partial charge is 0.326 e. The number of para-hydroxylation sites is 1. The molecule has 0 spiro atoms. The lowest BCUT2D eigenvalue weighted by molar-refractivity contribution is -0.119. The lowest BCUT2D eigenvalue weighted by atomic mass is 9.76. The van der Waals surface area contributed by atoms with Crippen LogP contribution in [0.5, 0.6) is 0 Å². The Morgan fingerprint density at radius 1 is 0.900 bits per heavy atom. The van der Waals surface area contributed by atoms with Crippen LogP contribution in [0.15, 0.2) is 60.7 Å². The van der Waals surface area contributed by atoms with Crippen LogP contribution in [0.3, 0.4) is 0 Å². The minimum absolute atomic E-state index is 0.0369. The predicted molar refractivity (Wildman–Crippen MR) is 83.7 cm³/mol. The van der Waals surface area contributed by atoms with E-state index in [9.17, 15) is 4.79 Å². The van der Waals surface area contributed by atoms with Gasteiger partial charge in [0, 0.05) is 5.69 Å². The molecule has 2 aromatic rings. The molecule has 0 saturated carbocycles. The van der Waals surface area contributed by atoms with Gasteiger partial charge in [0.15, 0.2) is 0 Å². The van der Waals surface area contributed by atoms with E-state index in [0.717, 1.165) is 11.3 Å². The minimum atomic E-state index is -0.177. The predicted octanol–water partition coefficient (Wildman–Crippen LogP) is 4.46. The van der Waals surface area contributed by atoms with E-state index in [-0.39, 0.29) is 17.2 Å². The quantitative estimate of drug-likeness (QED) is 0.874. The number of carbonyl (C=O) groups is 1. The van der Waals surface area contributed by atoms with Gasteiger partial charge in [0.25, 0.3) is 0 Å². The third-order valence-corrected chi connectivity index (χ3v) is 3.30. The Kier molecular flexibility index (Phi) is 4.23. The number of rotatable bonds is 3. The fourth-order valence-electron chi connectivity index (χ4n) is 2.43. The number of amides is 1. The fraction of sp³-hybridized carbons (Fsp3) is 0.278. The molecule has 0 bridgehead atoms. The first kappa shape index (κ1) is 14.3. The van der Waals surface area contributed by atoms with Crippen molar-refractivity contribution in [3.63, 3.8) is 0 Å². The van der Waals surface area contributed by atoms with Gasteiger partial charge >= 0.3 is 0 Å². The van der Waals surface area contributed by atoms with Crippen molar-refractivity contribution >= 4 is 11.6 Å². The SMILES string of the molecule is CC(C)(C)[C@H](C(=O)Nc1ccccc1)c1ccccc1. The van der Waals surface area contributed by atoms with Crippen molar-refractivity contribution in [2.75, 3.05) is 5.32 Å². The maximum absolute atomic E-state index is 12.6. The highest BCUT2D eigenvalue weighted by atomic mass is 16.1. The molecule has 2 rings (SSSR count). The summed E-state index contributed by atoms with van der Waals surface area (Å²) < 4.78 is 0. The van der Waals surface area contributed by atoms with E-state index in [1.165, 1.54) is 0 Å². The second kappa shape index (κ2) is 5.91. The van der Waals surface area contributed by atoms with E-state index in [2.05, 4.69) is 26.1 Å². The third-order valence-electron chi connectivity index (χ3n) is 3.30. The van der Waals surface area contributed by atoms with Crippen LogP contribution >= 0.6 is 0 Å². The molecular weight excluding hydrogens is 246 g/mol. The summed E-state index contributed by atoms with van der Waals surface area (Å²) >= 11 is 0. The molecule has 0 saturated heterocycles. The molecule has 0 fully saturated rings. The number of nitrogens with one attached hydrogen (secondary N) is 1. The van der Waals surface area contributed by atoms with Crippen molar-refractivity contribution in [3.8, 4) is 0 Å². The van der Waals surface area contributed by atoms with Crippen LogP contribution in [0, 0.1) is 5.41 Å². The van der Waals surface area contributed by atoms with Crippen LogP contribution in [0.1, 0.15) is 32.3 Å².